The van der Waals surface area contributed by atoms with Gasteiger partial charge in [-0.3, -0.25) is 13.9 Å². The Bertz CT molecular complexity index is 1060. The predicted molar refractivity (Wildman–Crippen MR) is 119 cm³/mol. The fourth-order valence-corrected chi connectivity index (χ4v) is 4.26. The summed E-state index contributed by atoms with van der Waals surface area (Å²) in [6.07, 6.45) is 0.865. The molecule has 0 saturated carbocycles. The number of carbonyl (C=O) groups excluding carboxylic acids is 2. The molecule has 11 heteroatoms. The number of benzene rings is 2. The fourth-order valence-electron chi connectivity index (χ4n) is 2.89. The zero-order valence-electron chi connectivity index (χ0n) is 17.1. The highest BCUT2D eigenvalue weighted by Gasteiger charge is 2.31. The van der Waals surface area contributed by atoms with Crippen LogP contribution < -0.4 is 9.62 Å². The van der Waals surface area contributed by atoms with Crippen LogP contribution in [-0.4, -0.2) is 51.0 Å². The Labute approximate surface area is 190 Å². The lowest BCUT2D eigenvalue weighted by atomic mass is 10.1. The van der Waals surface area contributed by atoms with Crippen LogP contribution in [0.1, 0.15) is 12.5 Å². The van der Waals surface area contributed by atoms with E-state index in [1.807, 2.05) is 0 Å². The van der Waals surface area contributed by atoms with E-state index in [9.17, 15) is 22.4 Å². The Morgan fingerprint density at radius 1 is 1.10 bits per heavy atom. The average Bonchev–Trinajstić information content (AvgIpc) is 2.70. The van der Waals surface area contributed by atoms with Crippen molar-refractivity contribution in [1.29, 1.82) is 0 Å². The van der Waals surface area contributed by atoms with Crippen LogP contribution in [0.4, 0.5) is 10.1 Å². The van der Waals surface area contributed by atoms with Crippen LogP contribution in [0.15, 0.2) is 42.5 Å². The minimum absolute atomic E-state index is 0.152. The molecule has 0 spiro atoms. The van der Waals surface area contributed by atoms with Crippen molar-refractivity contribution in [2.24, 2.45) is 0 Å². The number of halogens is 3. The van der Waals surface area contributed by atoms with E-state index in [-0.39, 0.29) is 22.3 Å². The van der Waals surface area contributed by atoms with E-state index >= 15 is 0 Å². The molecule has 168 valence electrons. The summed E-state index contributed by atoms with van der Waals surface area (Å²) in [5, 5.41) is 3.01. The number of carbonyl (C=O) groups is 2. The maximum atomic E-state index is 14.3. The van der Waals surface area contributed by atoms with Crippen molar-refractivity contribution in [3.05, 3.63) is 63.9 Å². The number of sulfonamides is 1. The molecule has 7 nitrogen and oxygen atoms in total. The molecule has 0 aromatic heterocycles. The van der Waals surface area contributed by atoms with Crippen LogP contribution >= 0.6 is 23.2 Å². The van der Waals surface area contributed by atoms with E-state index in [0.717, 1.165) is 17.2 Å². The van der Waals surface area contributed by atoms with Gasteiger partial charge in [0.25, 0.3) is 0 Å². The third-order valence-corrected chi connectivity index (χ3v) is 6.44. The SMILES string of the molecule is CNC(=O)[C@H](C)N(Cc1c(Cl)cccc1Cl)C(=O)CN(c1ccccc1F)S(C)(=O)=O. The monoisotopic (exact) mass is 489 g/mol. The zero-order chi connectivity index (χ0) is 23.3. The molecule has 2 amide bonds. The van der Waals surface area contributed by atoms with Crippen molar-refractivity contribution >= 4 is 50.7 Å². The molecular weight excluding hydrogens is 468 g/mol. The molecule has 2 rings (SSSR count). The number of rotatable bonds is 8. The minimum atomic E-state index is -4.02. The number of hydrogen-bond acceptors (Lipinski definition) is 4. The summed E-state index contributed by atoms with van der Waals surface area (Å²) in [4.78, 5) is 26.6. The Hall–Kier alpha value is -2.36. The van der Waals surface area contributed by atoms with Gasteiger partial charge in [-0.1, -0.05) is 41.4 Å². The Morgan fingerprint density at radius 2 is 1.68 bits per heavy atom. The fraction of sp³-hybridized carbons (Fsp3) is 0.300. The van der Waals surface area contributed by atoms with Crippen LogP contribution in [0.5, 0.6) is 0 Å². The second-order valence-electron chi connectivity index (χ2n) is 6.73. The smallest absolute Gasteiger partial charge is 0.244 e. The number of para-hydroxylation sites is 1. The van der Waals surface area contributed by atoms with Crippen molar-refractivity contribution in [2.45, 2.75) is 19.5 Å². The number of likely N-dealkylation sites (N-methyl/N-ethyl adjacent to an activating group) is 1. The molecular formula is C20H22Cl2FN3O4S. The van der Waals surface area contributed by atoms with E-state index in [0.29, 0.717) is 9.87 Å². The molecule has 1 atom stereocenters. The first-order valence-corrected chi connectivity index (χ1v) is 11.7. The number of nitrogens with zero attached hydrogens (tertiary/aromatic N) is 2. The summed E-state index contributed by atoms with van der Waals surface area (Å²) in [6.45, 7) is 0.610. The number of hydrogen-bond donors (Lipinski definition) is 1. The molecule has 31 heavy (non-hydrogen) atoms. The van der Waals surface area contributed by atoms with Crippen LogP contribution in [0, 0.1) is 5.82 Å². The number of anilines is 1. The van der Waals surface area contributed by atoms with Gasteiger partial charge < -0.3 is 10.2 Å². The molecule has 1 N–H and O–H groups in total. The highest BCUT2D eigenvalue weighted by Crippen LogP contribution is 2.27. The zero-order valence-corrected chi connectivity index (χ0v) is 19.4. The predicted octanol–water partition coefficient (Wildman–Crippen LogP) is 3.06. The standard InChI is InChI=1S/C20H22Cl2FN3O4S/c1-13(20(28)24-2)25(11-14-15(21)7-6-8-16(14)22)19(27)12-26(31(3,29)30)18-10-5-4-9-17(18)23/h4-10,13H,11-12H2,1-3H3,(H,24,28)/t13-/m0/s1. The third-order valence-electron chi connectivity index (χ3n) is 4.60. The molecule has 0 fully saturated rings. The van der Waals surface area contributed by atoms with E-state index in [4.69, 9.17) is 23.2 Å². The maximum absolute atomic E-state index is 14.3. The minimum Gasteiger partial charge on any atom is -0.357 e. The summed E-state index contributed by atoms with van der Waals surface area (Å²) < 4.78 is 39.6. The Morgan fingerprint density at radius 3 is 2.19 bits per heavy atom. The van der Waals surface area contributed by atoms with Crippen molar-refractivity contribution in [3.63, 3.8) is 0 Å². The van der Waals surface area contributed by atoms with Gasteiger partial charge >= 0.3 is 0 Å². The normalized spacial score (nSPS) is 12.2. The van der Waals surface area contributed by atoms with Gasteiger partial charge in [0.1, 0.15) is 18.4 Å². The second kappa shape index (κ2) is 10.3. The van der Waals surface area contributed by atoms with Gasteiger partial charge in [-0.2, -0.15) is 0 Å². The van der Waals surface area contributed by atoms with Crippen LogP contribution in [0.3, 0.4) is 0 Å². The molecule has 0 saturated heterocycles. The van der Waals surface area contributed by atoms with E-state index in [1.54, 1.807) is 18.2 Å². The Kier molecular flexibility index (Phi) is 8.27. The van der Waals surface area contributed by atoms with Crippen molar-refractivity contribution in [1.82, 2.24) is 10.2 Å². The first kappa shape index (κ1) is 24.9. The summed E-state index contributed by atoms with van der Waals surface area (Å²) in [5.74, 6) is -2.02. The van der Waals surface area contributed by atoms with E-state index in [1.165, 1.54) is 32.2 Å². The molecule has 0 radical (unpaired) electrons. The van der Waals surface area contributed by atoms with Gasteiger partial charge in [0, 0.05) is 29.2 Å². The highest BCUT2D eigenvalue weighted by atomic mass is 35.5. The summed E-state index contributed by atoms with van der Waals surface area (Å²) in [6, 6.07) is 9.01. The lowest BCUT2D eigenvalue weighted by Crippen LogP contribution is -2.50. The van der Waals surface area contributed by atoms with Gasteiger partial charge in [0.05, 0.1) is 11.9 Å². The van der Waals surface area contributed by atoms with Crippen molar-refractivity contribution in [3.8, 4) is 0 Å². The number of amides is 2. The van der Waals surface area contributed by atoms with Gasteiger partial charge in [-0.15, -0.1) is 0 Å². The molecule has 0 heterocycles. The summed E-state index contributed by atoms with van der Waals surface area (Å²) in [5.41, 5.74) is 0.119. The lowest BCUT2D eigenvalue weighted by Gasteiger charge is -2.31. The van der Waals surface area contributed by atoms with Gasteiger partial charge in [-0.25, -0.2) is 12.8 Å². The van der Waals surface area contributed by atoms with Crippen LogP contribution in [0.25, 0.3) is 0 Å². The van der Waals surface area contributed by atoms with E-state index in [2.05, 4.69) is 5.32 Å². The first-order valence-electron chi connectivity index (χ1n) is 9.13. The van der Waals surface area contributed by atoms with Gasteiger partial charge in [0.15, 0.2) is 0 Å². The van der Waals surface area contributed by atoms with Crippen molar-refractivity contribution < 1.29 is 22.4 Å². The molecule has 2 aromatic rings. The third kappa shape index (κ3) is 6.09. The summed E-state index contributed by atoms with van der Waals surface area (Å²) >= 11 is 12.4. The molecule has 0 aliphatic rings. The number of nitrogens with one attached hydrogen (secondary N) is 1. The van der Waals surface area contributed by atoms with Gasteiger partial charge in [0.2, 0.25) is 21.8 Å². The first-order chi connectivity index (χ1) is 14.5. The van der Waals surface area contributed by atoms with Crippen LogP contribution in [0.2, 0.25) is 10.0 Å². The highest BCUT2D eigenvalue weighted by molar-refractivity contribution is 7.92. The Balaban J connectivity index is 2.46. The van der Waals surface area contributed by atoms with Crippen LogP contribution in [-0.2, 0) is 26.2 Å². The van der Waals surface area contributed by atoms with Crippen molar-refractivity contribution in [2.75, 3.05) is 24.2 Å². The summed E-state index contributed by atoms with van der Waals surface area (Å²) in [7, 11) is -2.61. The molecule has 2 aromatic carbocycles. The quantitative estimate of drug-likeness (QED) is 0.617. The van der Waals surface area contributed by atoms with Gasteiger partial charge in [-0.05, 0) is 31.2 Å². The molecule has 0 unspecified atom stereocenters. The molecule has 0 aliphatic carbocycles. The topological polar surface area (TPSA) is 86.8 Å². The second-order valence-corrected chi connectivity index (χ2v) is 9.45. The maximum Gasteiger partial charge on any atom is 0.244 e. The van der Waals surface area contributed by atoms with E-state index < -0.39 is 40.2 Å². The molecule has 0 aliphatic heterocycles. The average molecular weight is 490 g/mol. The lowest BCUT2D eigenvalue weighted by molar-refractivity contribution is -0.139. The largest absolute Gasteiger partial charge is 0.357 e. The molecule has 0 bridgehead atoms.